The number of hydrogen-bond donors (Lipinski definition) is 0. The van der Waals surface area contributed by atoms with E-state index >= 15 is 0 Å². The molecule has 0 fully saturated rings. The van der Waals surface area contributed by atoms with Crippen LogP contribution in [-0.4, -0.2) is 80.0 Å². The Hall–Kier alpha value is -0.886. The molecule has 0 spiro atoms. The van der Waals surface area contributed by atoms with Crippen LogP contribution in [0.4, 0.5) is 0 Å². The lowest BCUT2D eigenvalue weighted by Crippen LogP contribution is -2.70. The molecule has 36 heavy (non-hydrogen) atoms. The van der Waals surface area contributed by atoms with Crippen LogP contribution in [0.1, 0.15) is 73.8 Å². The Morgan fingerprint density at radius 1 is 0.611 bits per heavy atom. The Labute approximate surface area is 222 Å². The van der Waals surface area contributed by atoms with Crippen LogP contribution in [0.3, 0.4) is 0 Å². The minimum Gasteiger partial charge on any atom is -0.373 e. The zero-order valence-corrected chi connectivity index (χ0v) is 26.0. The van der Waals surface area contributed by atoms with Gasteiger partial charge in [0, 0.05) is 46.2 Å². The van der Waals surface area contributed by atoms with E-state index in [4.69, 9.17) is 26.6 Å². The van der Waals surface area contributed by atoms with Crippen LogP contribution in [-0.2, 0) is 26.6 Å². The maximum absolute atomic E-state index is 6.42. The van der Waals surface area contributed by atoms with Crippen molar-refractivity contribution in [3.05, 3.63) is 42.0 Å². The number of hydrogen-bond acceptors (Lipinski definition) is 7. The van der Waals surface area contributed by atoms with Crippen molar-refractivity contribution in [2.75, 3.05) is 46.2 Å². The molecular formula is C27H51NO6Si2. The SMILES string of the molecule is CCO[Si](OCC)(OCC)[C@H](CC)N(C/C=C\c1ccccc1)[C@H](CC)[Si](OCC)(OCC)OCC. The third-order valence-electron chi connectivity index (χ3n) is 5.89. The van der Waals surface area contributed by atoms with Gasteiger partial charge in [0.15, 0.2) is 0 Å². The van der Waals surface area contributed by atoms with E-state index in [0.717, 1.165) is 18.4 Å². The van der Waals surface area contributed by atoms with Crippen molar-refractivity contribution in [3.63, 3.8) is 0 Å². The van der Waals surface area contributed by atoms with Gasteiger partial charge in [-0.2, -0.15) is 0 Å². The Morgan fingerprint density at radius 3 is 1.28 bits per heavy atom. The summed E-state index contributed by atoms with van der Waals surface area (Å²) in [4.78, 5) is 2.43. The topological polar surface area (TPSA) is 58.6 Å². The Bertz CT molecular complexity index is 641. The van der Waals surface area contributed by atoms with E-state index in [-0.39, 0.29) is 11.3 Å². The molecule has 0 aliphatic rings. The Morgan fingerprint density at radius 2 is 0.972 bits per heavy atom. The summed E-state index contributed by atoms with van der Waals surface area (Å²) in [5.74, 6) is 0. The van der Waals surface area contributed by atoms with E-state index in [0.29, 0.717) is 46.2 Å². The monoisotopic (exact) mass is 541 g/mol. The zero-order valence-electron chi connectivity index (χ0n) is 24.0. The summed E-state index contributed by atoms with van der Waals surface area (Å²) in [6.45, 7) is 20.2. The summed E-state index contributed by atoms with van der Waals surface area (Å²) >= 11 is 0. The molecule has 0 N–H and O–H groups in total. The summed E-state index contributed by atoms with van der Waals surface area (Å²) in [5, 5.41) is 0. The standard InChI is InChI=1S/C27H51NO6Si2/c1-9-26(35(29-11-3,30-12-4)31-13-5)28(24-20-23-25-21-18-17-19-22-25)27(10-2)36(32-14-6,33-15-7)34-16-8/h17-23,26-27H,9-16,24H2,1-8H3/b23-20-/t26-,27+. The van der Waals surface area contributed by atoms with Gasteiger partial charge in [-0.25, -0.2) is 0 Å². The summed E-state index contributed by atoms with van der Waals surface area (Å²) in [6.07, 6.45) is 5.96. The fourth-order valence-corrected chi connectivity index (χ4v) is 11.4. The molecule has 0 saturated heterocycles. The molecule has 1 aromatic rings. The molecule has 0 amide bonds. The molecule has 7 nitrogen and oxygen atoms in total. The van der Waals surface area contributed by atoms with Gasteiger partial charge in [0.1, 0.15) is 0 Å². The van der Waals surface area contributed by atoms with Gasteiger partial charge in [-0.3, -0.25) is 4.90 Å². The summed E-state index contributed by atoms with van der Waals surface area (Å²) in [7, 11) is -6.19. The van der Waals surface area contributed by atoms with Crippen LogP contribution >= 0.6 is 0 Å². The smallest absolute Gasteiger partial charge is 0.373 e. The van der Waals surface area contributed by atoms with Gasteiger partial charge < -0.3 is 26.6 Å². The van der Waals surface area contributed by atoms with Gasteiger partial charge in [0.25, 0.3) is 0 Å². The Balaban J connectivity index is 3.67. The number of benzene rings is 1. The molecule has 1 aromatic carbocycles. The molecule has 1 rings (SSSR count). The van der Waals surface area contributed by atoms with Gasteiger partial charge in [0.2, 0.25) is 0 Å². The zero-order chi connectivity index (χ0) is 26.9. The first-order valence-corrected chi connectivity index (χ1v) is 17.4. The van der Waals surface area contributed by atoms with E-state index in [9.17, 15) is 0 Å². The van der Waals surface area contributed by atoms with Crippen molar-refractivity contribution in [2.45, 2.75) is 79.6 Å². The van der Waals surface area contributed by atoms with E-state index in [1.165, 1.54) is 0 Å². The first-order valence-electron chi connectivity index (χ1n) is 13.8. The van der Waals surface area contributed by atoms with Crippen LogP contribution in [0.2, 0.25) is 0 Å². The highest BCUT2D eigenvalue weighted by Crippen LogP contribution is 2.31. The molecule has 9 heteroatoms. The lowest BCUT2D eigenvalue weighted by Gasteiger charge is -2.47. The number of rotatable bonds is 21. The lowest BCUT2D eigenvalue weighted by molar-refractivity contribution is 0.00563. The van der Waals surface area contributed by atoms with E-state index in [2.05, 4.69) is 55.2 Å². The van der Waals surface area contributed by atoms with Gasteiger partial charge in [0.05, 0.1) is 11.3 Å². The maximum Gasteiger partial charge on any atom is 0.519 e. The van der Waals surface area contributed by atoms with Gasteiger partial charge in [-0.15, -0.1) is 0 Å². The van der Waals surface area contributed by atoms with Gasteiger partial charge >= 0.3 is 17.6 Å². The van der Waals surface area contributed by atoms with Crippen molar-refractivity contribution >= 4 is 23.7 Å². The second-order valence-electron chi connectivity index (χ2n) is 8.16. The second-order valence-corrected chi connectivity index (χ2v) is 13.6. The molecule has 0 radical (unpaired) electrons. The predicted molar refractivity (Wildman–Crippen MR) is 152 cm³/mol. The molecule has 0 unspecified atom stereocenters. The predicted octanol–water partition coefficient (Wildman–Crippen LogP) is 5.73. The normalized spacial score (nSPS) is 14.6. The molecule has 0 aliphatic carbocycles. The van der Waals surface area contributed by atoms with Crippen molar-refractivity contribution in [1.29, 1.82) is 0 Å². The molecule has 2 atom stereocenters. The maximum atomic E-state index is 6.42. The van der Waals surface area contributed by atoms with Crippen molar-refractivity contribution in [1.82, 2.24) is 4.90 Å². The quantitative estimate of drug-likeness (QED) is 0.184. The molecular weight excluding hydrogens is 490 g/mol. The first-order chi connectivity index (χ1) is 17.5. The molecule has 0 aromatic heterocycles. The Kier molecular flexibility index (Phi) is 16.9. The van der Waals surface area contributed by atoms with Gasteiger partial charge in [-0.1, -0.05) is 56.3 Å². The average molecular weight is 542 g/mol. The first kappa shape index (κ1) is 33.1. The van der Waals surface area contributed by atoms with E-state index in [1.54, 1.807) is 0 Å². The molecule has 208 valence electrons. The van der Waals surface area contributed by atoms with Crippen LogP contribution in [0, 0.1) is 0 Å². The minimum absolute atomic E-state index is 0.0871. The van der Waals surface area contributed by atoms with Crippen LogP contribution in [0.5, 0.6) is 0 Å². The highest BCUT2D eigenvalue weighted by molar-refractivity contribution is 6.64. The fourth-order valence-electron chi connectivity index (χ4n) is 4.76. The third-order valence-corrected chi connectivity index (χ3v) is 13.1. The minimum atomic E-state index is -3.10. The lowest BCUT2D eigenvalue weighted by atomic mass is 10.2. The third kappa shape index (κ3) is 9.14. The van der Waals surface area contributed by atoms with Crippen molar-refractivity contribution in [3.8, 4) is 0 Å². The molecule has 0 saturated carbocycles. The van der Waals surface area contributed by atoms with Crippen LogP contribution in [0.25, 0.3) is 6.08 Å². The van der Waals surface area contributed by atoms with E-state index in [1.807, 2.05) is 47.6 Å². The van der Waals surface area contributed by atoms with Gasteiger partial charge in [-0.05, 0) is 59.9 Å². The summed E-state index contributed by atoms with van der Waals surface area (Å²) in [6, 6.07) is 10.3. The van der Waals surface area contributed by atoms with E-state index < -0.39 is 17.6 Å². The largest absolute Gasteiger partial charge is 0.519 e. The van der Waals surface area contributed by atoms with Crippen LogP contribution < -0.4 is 0 Å². The highest BCUT2D eigenvalue weighted by Gasteiger charge is 2.58. The summed E-state index contributed by atoms with van der Waals surface area (Å²) < 4.78 is 38.5. The van der Waals surface area contributed by atoms with Crippen molar-refractivity contribution < 1.29 is 26.6 Å². The fraction of sp³-hybridized carbons (Fsp3) is 0.704. The molecule has 0 bridgehead atoms. The molecule has 0 heterocycles. The molecule has 0 aliphatic heterocycles. The second kappa shape index (κ2) is 18.4. The summed E-state index contributed by atoms with van der Waals surface area (Å²) in [5.41, 5.74) is 0.983. The van der Waals surface area contributed by atoms with Crippen molar-refractivity contribution in [2.24, 2.45) is 0 Å². The van der Waals surface area contributed by atoms with Crippen LogP contribution in [0.15, 0.2) is 36.4 Å². The number of nitrogens with zero attached hydrogens (tertiary/aromatic N) is 1. The average Bonchev–Trinajstić information content (AvgIpc) is 2.86. The highest BCUT2D eigenvalue weighted by atomic mass is 28.4.